The van der Waals surface area contributed by atoms with Crippen molar-refractivity contribution in [3.63, 3.8) is 0 Å². The smallest absolute Gasteiger partial charge is 0.382 e. The van der Waals surface area contributed by atoms with E-state index in [2.05, 4.69) is 15.0 Å². The lowest BCUT2D eigenvalue weighted by molar-refractivity contribution is -0.147. The Morgan fingerprint density at radius 1 is 1.29 bits per heavy atom. The number of fused-ring (bicyclic) bond motifs is 3. The molecule has 0 unspecified atom stereocenters. The highest BCUT2D eigenvalue weighted by Gasteiger charge is 2.42. The fraction of sp³-hybridized carbons (Fsp3) is 0.304. The molecule has 0 spiro atoms. The van der Waals surface area contributed by atoms with Gasteiger partial charge in [0, 0.05) is 5.56 Å². The van der Waals surface area contributed by atoms with Crippen LogP contribution in [0.1, 0.15) is 48.3 Å². The third-order valence-electron chi connectivity index (χ3n) is 5.35. The van der Waals surface area contributed by atoms with E-state index in [1.54, 1.807) is 25.1 Å². The van der Waals surface area contributed by atoms with Gasteiger partial charge in [-0.2, -0.15) is 8.78 Å². The number of carbonyl (C=O) groups is 1. The number of methoxy groups -OCH3 is 1. The zero-order valence-corrected chi connectivity index (χ0v) is 20.0. The van der Waals surface area contributed by atoms with Crippen LogP contribution in [0.5, 0.6) is 5.75 Å². The number of hydrogen-bond acceptors (Lipinski definition) is 6. The Hall–Kier alpha value is -3.26. The number of carbonyl (C=O) groups excluding carboxylic acids is 1. The molecule has 0 saturated carbocycles. The van der Waals surface area contributed by atoms with Gasteiger partial charge in [0.2, 0.25) is 5.82 Å². The first-order chi connectivity index (χ1) is 16.7. The summed E-state index contributed by atoms with van der Waals surface area (Å²) in [5.74, 6) is -1.21. The molecule has 0 radical (unpaired) electrons. The lowest BCUT2D eigenvalue weighted by Crippen LogP contribution is -2.18. The molecule has 0 N–H and O–H groups in total. The standard InChI is InChI=1S/C23H18Cl2F2N4O4/c1-4-34-18(32)11-17-21-29-30-22(23(25,26)27)31(21)15-9-8-12(28-2)10-14(15)20(35-17)13-6-5-7-16(33-3)19(13)24/h5-10,17,20H,4,11H2,1,3H3/t17-,20-/m0/s1. The highest BCUT2D eigenvalue weighted by atomic mass is 35.5. The van der Waals surface area contributed by atoms with E-state index in [0.29, 0.717) is 16.9 Å². The van der Waals surface area contributed by atoms with E-state index in [-0.39, 0.29) is 35.2 Å². The van der Waals surface area contributed by atoms with E-state index in [1.807, 2.05) is 0 Å². The van der Waals surface area contributed by atoms with Crippen LogP contribution < -0.4 is 4.74 Å². The SMILES string of the molecule is [C-]#[N+]c1ccc2c(c1)[C@H](c1cccc(OC)c1Cl)O[C@@H](CC(=O)OCC)c1nnc(C(F)(F)Cl)n1-2. The molecule has 3 aromatic rings. The summed E-state index contributed by atoms with van der Waals surface area (Å²) in [5, 5.41) is 3.82. The van der Waals surface area contributed by atoms with Crippen molar-refractivity contribution in [2.75, 3.05) is 13.7 Å². The molecule has 8 nitrogen and oxygen atoms in total. The molecule has 35 heavy (non-hydrogen) atoms. The molecule has 1 aromatic heterocycles. The van der Waals surface area contributed by atoms with Crippen molar-refractivity contribution in [3.05, 3.63) is 75.6 Å². The van der Waals surface area contributed by atoms with Crippen LogP contribution >= 0.6 is 23.2 Å². The maximum Gasteiger partial charge on any atom is 0.382 e. The predicted molar refractivity (Wildman–Crippen MR) is 122 cm³/mol. The average Bonchev–Trinajstić information content (AvgIpc) is 3.23. The van der Waals surface area contributed by atoms with Gasteiger partial charge in [0.1, 0.15) is 18.0 Å². The van der Waals surface area contributed by atoms with Crippen LogP contribution in [-0.2, 0) is 19.6 Å². The fourth-order valence-electron chi connectivity index (χ4n) is 3.89. The summed E-state index contributed by atoms with van der Waals surface area (Å²) in [6.45, 7) is 9.19. The van der Waals surface area contributed by atoms with E-state index < -0.39 is 29.4 Å². The quantitative estimate of drug-likeness (QED) is 0.228. The van der Waals surface area contributed by atoms with Crippen LogP contribution in [0.15, 0.2) is 36.4 Å². The highest BCUT2D eigenvalue weighted by Crippen LogP contribution is 2.47. The van der Waals surface area contributed by atoms with Crippen molar-refractivity contribution < 1.29 is 27.8 Å². The lowest BCUT2D eigenvalue weighted by atomic mass is 9.98. The Morgan fingerprint density at radius 3 is 2.71 bits per heavy atom. The summed E-state index contributed by atoms with van der Waals surface area (Å²) in [5.41, 5.74) is 1.18. The van der Waals surface area contributed by atoms with Crippen LogP contribution in [0.3, 0.4) is 0 Å². The largest absolute Gasteiger partial charge is 0.495 e. The zero-order chi connectivity index (χ0) is 25.3. The third kappa shape index (κ3) is 4.67. The summed E-state index contributed by atoms with van der Waals surface area (Å²) in [6.07, 6.45) is -2.50. The molecule has 1 aliphatic rings. The summed E-state index contributed by atoms with van der Waals surface area (Å²) >= 11 is 12.0. The molecular weight excluding hydrogens is 505 g/mol. The lowest BCUT2D eigenvalue weighted by Gasteiger charge is -2.24. The first-order valence-electron chi connectivity index (χ1n) is 10.4. The van der Waals surface area contributed by atoms with Gasteiger partial charge in [0.25, 0.3) is 0 Å². The van der Waals surface area contributed by atoms with Gasteiger partial charge >= 0.3 is 11.4 Å². The van der Waals surface area contributed by atoms with Crippen molar-refractivity contribution in [3.8, 4) is 11.4 Å². The molecule has 0 fully saturated rings. The zero-order valence-electron chi connectivity index (χ0n) is 18.5. The van der Waals surface area contributed by atoms with Crippen molar-refractivity contribution in [2.45, 2.75) is 30.9 Å². The Labute approximate surface area is 209 Å². The summed E-state index contributed by atoms with van der Waals surface area (Å²) in [7, 11) is 1.45. The Kier molecular flexibility index (Phi) is 6.94. The monoisotopic (exact) mass is 522 g/mol. The molecule has 0 aliphatic carbocycles. The van der Waals surface area contributed by atoms with Gasteiger partial charge in [-0.15, -0.1) is 10.2 Å². The Balaban J connectivity index is 2.01. The van der Waals surface area contributed by atoms with E-state index in [1.165, 1.54) is 25.3 Å². The fourth-order valence-corrected chi connectivity index (χ4v) is 4.31. The van der Waals surface area contributed by atoms with E-state index in [4.69, 9.17) is 44.0 Å². The van der Waals surface area contributed by atoms with Crippen molar-refractivity contribution in [1.82, 2.24) is 14.8 Å². The minimum atomic E-state index is -3.89. The Bertz CT molecular complexity index is 1320. The van der Waals surface area contributed by atoms with Crippen LogP contribution in [0.4, 0.5) is 14.5 Å². The Morgan fingerprint density at radius 2 is 2.06 bits per heavy atom. The van der Waals surface area contributed by atoms with Crippen LogP contribution in [0.25, 0.3) is 10.5 Å². The summed E-state index contributed by atoms with van der Waals surface area (Å²) in [4.78, 5) is 15.8. The van der Waals surface area contributed by atoms with Gasteiger partial charge in [-0.1, -0.05) is 29.8 Å². The number of aromatic nitrogens is 3. The average molecular weight is 523 g/mol. The minimum absolute atomic E-state index is 0.0771. The minimum Gasteiger partial charge on any atom is -0.495 e. The van der Waals surface area contributed by atoms with E-state index in [0.717, 1.165) is 4.57 Å². The van der Waals surface area contributed by atoms with Crippen LogP contribution in [-0.4, -0.2) is 34.5 Å². The molecule has 0 amide bonds. The molecule has 2 heterocycles. The molecule has 0 saturated heterocycles. The predicted octanol–water partition coefficient (Wildman–Crippen LogP) is 5.88. The summed E-state index contributed by atoms with van der Waals surface area (Å²) < 4.78 is 46.5. The third-order valence-corrected chi connectivity index (χ3v) is 5.92. The molecule has 2 aromatic carbocycles. The number of benzene rings is 2. The topological polar surface area (TPSA) is 79.8 Å². The highest BCUT2D eigenvalue weighted by molar-refractivity contribution is 6.33. The van der Waals surface area contributed by atoms with Gasteiger partial charge in [0.15, 0.2) is 11.5 Å². The molecule has 1 aliphatic heterocycles. The van der Waals surface area contributed by atoms with E-state index in [9.17, 15) is 13.6 Å². The van der Waals surface area contributed by atoms with Gasteiger partial charge in [0.05, 0.1) is 37.4 Å². The van der Waals surface area contributed by atoms with Crippen molar-refractivity contribution >= 4 is 34.9 Å². The first kappa shape index (κ1) is 24.9. The molecular formula is C23H18Cl2F2N4O4. The van der Waals surface area contributed by atoms with Gasteiger partial charge in [-0.3, -0.25) is 9.36 Å². The first-order valence-corrected chi connectivity index (χ1v) is 11.1. The molecule has 4 rings (SSSR count). The van der Waals surface area contributed by atoms with Crippen molar-refractivity contribution in [2.24, 2.45) is 0 Å². The number of esters is 1. The number of nitrogens with zero attached hydrogens (tertiary/aromatic N) is 4. The number of rotatable bonds is 6. The van der Waals surface area contributed by atoms with Gasteiger partial charge < -0.3 is 14.2 Å². The number of alkyl halides is 3. The molecule has 12 heteroatoms. The van der Waals surface area contributed by atoms with Gasteiger partial charge in [-0.25, -0.2) is 4.85 Å². The normalized spacial score (nSPS) is 17.1. The molecule has 0 bridgehead atoms. The van der Waals surface area contributed by atoms with Crippen LogP contribution in [0.2, 0.25) is 5.02 Å². The van der Waals surface area contributed by atoms with Crippen LogP contribution in [0, 0.1) is 6.57 Å². The van der Waals surface area contributed by atoms with Crippen molar-refractivity contribution in [1.29, 1.82) is 0 Å². The molecule has 2 atom stereocenters. The van der Waals surface area contributed by atoms with E-state index >= 15 is 0 Å². The second-order valence-corrected chi connectivity index (χ2v) is 8.30. The second-order valence-electron chi connectivity index (χ2n) is 7.45. The van der Waals surface area contributed by atoms with Gasteiger partial charge in [-0.05, 0) is 42.3 Å². The molecule has 182 valence electrons. The number of hydrogen-bond donors (Lipinski definition) is 0. The summed E-state index contributed by atoms with van der Waals surface area (Å²) in [6, 6.07) is 9.44. The number of halogens is 4. The maximum absolute atomic E-state index is 14.4. The number of ether oxygens (including phenoxy) is 3. The second kappa shape index (κ2) is 9.77. The maximum atomic E-state index is 14.4.